The van der Waals surface area contributed by atoms with E-state index in [9.17, 15) is 10.1 Å². The third-order valence-corrected chi connectivity index (χ3v) is 2.80. The molecule has 0 aliphatic rings. The Morgan fingerprint density at radius 1 is 1.33 bits per heavy atom. The summed E-state index contributed by atoms with van der Waals surface area (Å²) in [7, 11) is 0. The summed E-state index contributed by atoms with van der Waals surface area (Å²) in [4.78, 5) is 10.9. The van der Waals surface area contributed by atoms with Crippen molar-refractivity contribution in [2.75, 3.05) is 17.2 Å². The van der Waals surface area contributed by atoms with Gasteiger partial charge >= 0.3 is 5.69 Å². The molecule has 0 amide bonds. The SMILES string of the molecule is CCCNc1cccc(NC(C)CC)c1[N+](=O)[O-]. The second-order valence-corrected chi connectivity index (χ2v) is 4.34. The number of hydrogen-bond donors (Lipinski definition) is 2. The second-order valence-electron chi connectivity index (χ2n) is 4.34. The average molecular weight is 251 g/mol. The Balaban J connectivity index is 3.05. The Morgan fingerprint density at radius 2 is 2.00 bits per heavy atom. The predicted molar refractivity (Wildman–Crippen MR) is 75.3 cm³/mol. The van der Waals surface area contributed by atoms with Crippen LogP contribution < -0.4 is 10.6 Å². The molecule has 0 heterocycles. The van der Waals surface area contributed by atoms with Crippen LogP contribution in [0.3, 0.4) is 0 Å². The maximum atomic E-state index is 11.2. The van der Waals surface area contributed by atoms with Crippen molar-refractivity contribution in [3.05, 3.63) is 28.3 Å². The van der Waals surface area contributed by atoms with Gasteiger partial charge in [-0.15, -0.1) is 0 Å². The summed E-state index contributed by atoms with van der Waals surface area (Å²) < 4.78 is 0. The number of nitrogens with zero attached hydrogens (tertiary/aromatic N) is 1. The lowest BCUT2D eigenvalue weighted by Gasteiger charge is -2.15. The van der Waals surface area contributed by atoms with Crippen molar-refractivity contribution in [1.82, 2.24) is 0 Å². The predicted octanol–water partition coefficient (Wildman–Crippen LogP) is 3.63. The lowest BCUT2D eigenvalue weighted by molar-refractivity contribution is -0.383. The first-order valence-corrected chi connectivity index (χ1v) is 6.37. The molecular formula is C13H21N3O2. The normalized spacial score (nSPS) is 11.9. The number of para-hydroxylation sites is 1. The second kappa shape index (κ2) is 6.83. The third-order valence-electron chi connectivity index (χ3n) is 2.80. The van der Waals surface area contributed by atoms with Gasteiger partial charge in [0.15, 0.2) is 0 Å². The van der Waals surface area contributed by atoms with E-state index in [1.807, 2.05) is 26.8 Å². The summed E-state index contributed by atoms with van der Waals surface area (Å²) in [5.74, 6) is 0. The highest BCUT2D eigenvalue weighted by atomic mass is 16.6. The van der Waals surface area contributed by atoms with E-state index in [0.29, 0.717) is 11.4 Å². The van der Waals surface area contributed by atoms with Crippen molar-refractivity contribution in [1.29, 1.82) is 0 Å². The summed E-state index contributed by atoms with van der Waals surface area (Å²) >= 11 is 0. The molecule has 0 radical (unpaired) electrons. The first-order chi connectivity index (χ1) is 8.60. The quantitative estimate of drug-likeness (QED) is 0.573. The maximum absolute atomic E-state index is 11.2. The summed E-state index contributed by atoms with van der Waals surface area (Å²) in [5.41, 5.74) is 1.29. The molecule has 0 aliphatic heterocycles. The van der Waals surface area contributed by atoms with Gasteiger partial charge in [0.1, 0.15) is 11.4 Å². The average Bonchev–Trinajstić information content (AvgIpc) is 2.35. The zero-order chi connectivity index (χ0) is 13.5. The molecule has 5 heteroatoms. The first kappa shape index (κ1) is 14.3. The van der Waals surface area contributed by atoms with Crippen molar-refractivity contribution in [3.63, 3.8) is 0 Å². The van der Waals surface area contributed by atoms with E-state index >= 15 is 0 Å². The highest BCUT2D eigenvalue weighted by Crippen LogP contribution is 2.33. The van der Waals surface area contributed by atoms with Crippen LogP contribution in [0.2, 0.25) is 0 Å². The van der Waals surface area contributed by atoms with E-state index in [4.69, 9.17) is 0 Å². The van der Waals surface area contributed by atoms with Gasteiger partial charge in [-0.05, 0) is 31.9 Å². The molecule has 5 nitrogen and oxygen atoms in total. The topological polar surface area (TPSA) is 67.2 Å². The van der Waals surface area contributed by atoms with Crippen LogP contribution in [0.5, 0.6) is 0 Å². The molecule has 0 fully saturated rings. The van der Waals surface area contributed by atoms with Crippen molar-refractivity contribution >= 4 is 17.1 Å². The molecule has 18 heavy (non-hydrogen) atoms. The van der Waals surface area contributed by atoms with Crippen LogP contribution in [0.1, 0.15) is 33.6 Å². The van der Waals surface area contributed by atoms with Gasteiger partial charge in [0.2, 0.25) is 0 Å². The largest absolute Gasteiger partial charge is 0.379 e. The molecule has 0 saturated carbocycles. The molecule has 0 bridgehead atoms. The molecule has 100 valence electrons. The van der Waals surface area contributed by atoms with Gasteiger partial charge < -0.3 is 10.6 Å². The van der Waals surface area contributed by atoms with Crippen LogP contribution in [-0.4, -0.2) is 17.5 Å². The van der Waals surface area contributed by atoms with Crippen molar-refractivity contribution in [2.45, 2.75) is 39.7 Å². The molecule has 0 aromatic heterocycles. The van der Waals surface area contributed by atoms with E-state index < -0.39 is 0 Å². The monoisotopic (exact) mass is 251 g/mol. The lowest BCUT2D eigenvalue weighted by atomic mass is 10.2. The number of nitro benzene ring substituents is 1. The van der Waals surface area contributed by atoms with Crippen molar-refractivity contribution in [2.24, 2.45) is 0 Å². The fourth-order valence-electron chi connectivity index (χ4n) is 1.63. The Hall–Kier alpha value is -1.78. The van der Waals surface area contributed by atoms with E-state index in [-0.39, 0.29) is 16.7 Å². The molecule has 1 unspecified atom stereocenters. The van der Waals surface area contributed by atoms with E-state index in [2.05, 4.69) is 10.6 Å². The smallest absolute Gasteiger partial charge is 0.315 e. The van der Waals surface area contributed by atoms with Crippen LogP contribution in [0, 0.1) is 10.1 Å². The van der Waals surface area contributed by atoms with E-state index in [1.165, 1.54) is 0 Å². The number of nitro groups is 1. The first-order valence-electron chi connectivity index (χ1n) is 6.37. The minimum atomic E-state index is -0.331. The molecule has 2 N–H and O–H groups in total. The van der Waals surface area contributed by atoms with Crippen LogP contribution in [0.25, 0.3) is 0 Å². The van der Waals surface area contributed by atoms with E-state index in [0.717, 1.165) is 19.4 Å². The molecule has 1 aromatic carbocycles. The number of nitrogens with one attached hydrogen (secondary N) is 2. The van der Waals surface area contributed by atoms with Crippen molar-refractivity contribution < 1.29 is 4.92 Å². The van der Waals surface area contributed by atoms with Gasteiger partial charge in [-0.2, -0.15) is 0 Å². The molecule has 1 atom stereocenters. The van der Waals surface area contributed by atoms with Gasteiger partial charge in [-0.1, -0.05) is 19.9 Å². The van der Waals surface area contributed by atoms with Crippen LogP contribution in [0.4, 0.5) is 17.1 Å². The Labute approximate surface area is 108 Å². The zero-order valence-electron chi connectivity index (χ0n) is 11.2. The summed E-state index contributed by atoms with van der Waals surface area (Å²) in [6.45, 7) is 6.81. The maximum Gasteiger partial charge on any atom is 0.315 e. The van der Waals surface area contributed by atoms with Gasteiger partial charge in [-0.25, -0.2) is 0 Å². The van der Waals surface area contributed by atoms with Crippen LogP contribution >= 0.6 is 0 Å². The van der Waals surface area contributed by atoms with Crippen LogP contribution in [-0.2, 0) is 0 Å². The highest BCUT2D eigenvalue weighted by molar-refractivity contribution is 5.76. The zero-order valence-corrected chi connectivity index (χ0v) is 11.2. The van der Waals surface area contributed by atoms with Gasteiger partial charge in [0.25, 0.3) is 0 Å². The third kappa shape index (κ3) is 3.61. The number of hydrogen-bond acceptors (Lipinski definition) is 4. The highest BCUT2D eigenvalue weighted by Gasteiger charge is 2.19. The minimum absolute atomic E-state index is 0.131. The lowest BCUT2D eigenvalue weighted by Crippen LogP contribution is -2.15. The summed E-state index contributed by atoms with van der Waals surface area (Å²) in [6.07, 6.45) is 1.85. The number of rotatable bonds is 7. The van der Waals surface area contributed by atoms with Gasteiger partial charge in [0, 0.05) is 12.6 Å². The standard InChI is InChI=1S/C13H21N3O2/c1-4-9-14-11-7-6-8-12(13(11)16(17)18)15-10(3)5-2/h6-8,10,14-15H,4-5,9H2,1-3H3. The molecule has 0 saturated heterocycles. The summed E-state index contributed by atoms with van der Waals surface area (Å²) in [6, 6.07) is 5.54. The van der Waals surface area contributed by atoms with Gasteiger partial charge in [0.05, 0.1) is 4.92 Å². The molecule has 0 spiro atoms. The van der Waals surface area contributed by atoms with Crippen molar-refractivity contribution in [3.8, 4) is 0 Å². The molecule has 1 aromatic rings. The molecule has 0 aliphatic carbocycles. The van der Waals surface area contributed by atoms with Gasteiger partial charge in [-0.3, -0.25) is 10.1 Å². The Morgan fingerprint density at radius 3 is 2.56 bits per heavy atom. The summed E-state index contributed by atoms with van der Waals surface area (Å²) in [5, 5.41) is 17.5. The Kier molecular flexibility index (Phi) is 5.42. The van der Waals surface area contributed by atoms with Crippen LogP contribution in [0.15, 0.2) is 18.2 Å². The van der Waals surface area contributed by atoms with E-state index in [1.54, 1.807) is 12.1 Å². The number of benzene rings is 1. The minimum Gasteiger partial charge on any atom is -0.379 e. The fraction of sp³-hybridized carbons (Fsp3) is 0.538. The molecule has 1 rings (SSSR count). The Bertz CT molecular complexity index is 407. The molecular weight excluding hydrogens is 230 g/mol. The fourth-order valence-corrected chi connectivity index (χ4v) is 1.63. The number of anilines is 2.